The van der Waals surface area contributed by atoms with E-state index < -0.39 is 0 Å². The van der Waals surface area contributed by atoms with E-state index in [1.54, 1.807) is 32.4 Å². The van der Waals surface area contributed by atoms with E-state index in [1.807, 2.05) is 48.5 Å². The van der Waals surface area contributed by atoms with E-state index in [4.69, 9.17) is 14.2 Å². The number of amides is 1. The van der Waals surface area contributed by atoms with E-state index in [1.165, 1.54) is 5.56 Å². The molecule has 0 fully saturated rings. The van der Waals surface area contributed by atoms with Crippen LogP contribution in [0.4, 0.5) is 5.69 Å². The number of nitrogens with one attached hydrogen (secondary N) is 1. The summed E-state index contributed by atoms with van der Waals surface area (Å²) < 4.78 is 16.4. The average Bonchev–Trinajstić information content (AvgIpc) is 2.78. The van der Waals surface area contributed by atoms with Gasteiger partial charge in [0.2, 0.25) is 0 Å². The molecule has 3 aromatic rings. The molecule has 0 aliphatic rings. The van der Waals surface area contributed by atoms with Crippen molar-refractivity contribution in [2.24, 2.45) is 0 Å². The van der Waals surface area contributed by atoms with Gasteiger partial charge >= 0.3 is 0 Å². The highest BCUT2D eigenvalue weighted by Gasteiger charge is 2.11. The van der Waals surface area contributed by atoms with Crippen LogP contribution in [0.15, 0.2) is 66.7 Å². The van der Waals surface area contributed by atoms with Gasteiger partial charge in [-0.15, -0.1) is 0 Å². The Morgan fingerprint density at radius 3 is 2.17 bits per heavy atom. The first-order valence-corrected chi connectivity index (χ1v) is 9.47. The maximum atomic E-state index is 12.7. The zero-order valence-corrected chi connectivity index (χ0v) is 16.9. The zero-order chi connectivity index (χ0) is 20.6. The molecule has 5 heteroatoms. The monoisotopic (exact) mass is 391 g/mol. The van der Waals surface area contributed by atoms with Crippen LogP contribution in [0.2, 0.25) is 0 Å². The number of hydrogen-bond acceptors (Lipinski definition) is 4. The van der Waals surface area contributed by atoms with Crippen molar-refractivity contribution in [2.75, 3.05) is 19.5 Å². The number of methoxy groups -OCH3 is 2. The molecule has 0 aliphatic carbocycles. The van der Waals surface area contributed by atoms with Gasteiger partial charge in [0.05, 0.1) is 14.2 Å². The highest BCUT2D eigenvalue weighted by Crippen LogP contribution is 2.24. The largest absolute Gasteiger partial charge is 0.497 e. The van der Waals surface area contributed by atoms with Gasteiger partial charge in [-0.1, -0.05) is 19.1 Å². The van der Waals surface area contributed by atoms with Crippen molar-refractivity contribution < 1.29 is 19.0 Å². The third-order valence-corrected chi connectivity index (χ3v) is 4.62. The third kappa shape index (κ3) is 5.29. The first kappa shape index (κ1) is 20.3. The molecule has 0 heterocycles. The van der Waals surface area contributed by atoms with Gasteiger partial charge in [0, 0.05) is 16.8 Å². The zero-order valence-electron chi connectivity index (χ0n) is 16.9. The minimum Gasteiger partial charge on any atom is -0.497 e. The highest BCUT2D eigenvalue weighted by atomic mass is 16.5. The van der Waals surface area contributed by atoms with Gasteiger partial charge in [-0.05, 0) is 66.6 Å². The van der Waals surface area contributed by atoms with Crippen LogP contribution in [0.5, 0.6) is 17.2 Å². The smallest absolute Gasteiger partial charge is 0.255 e. The molecule has 0 saturated carbocycles. The Kier molecular flexibility index (Phi) is 6.74. The molecule has 5 nitrogen and oxygen atoms in total. The lowest BCUT2D eigenvalue weighted by Crippen LogP contribution is -2.13. The Hall–Kier alpha value is -3.47. The molecular formula is C24H25NO4. The lowest BCUT2D eigenvalue weighted by atomic mass is 10.1. The molecule has 0 aliphatic heterocycles. The van der Waals surface area contributed by atoms with Crippen LogP contribution >= 0.6 is 0 Å². The quantitative estimate of drug-likeness (QED) is 0.581. The summed E-state index contributed by atoms with van der Waals surface area (Å²) in [6.07, 6.45) is 0.963. The van der Waals surface area contributed by atoms with E-state index in [0.29, 0.717) is 17.1 Å². The van der Waals surface area contributed by atoms with Gasteiger partial charge in [-0.25, -0.2) is 0 Å². The average molecular weight is 391 g/mol. The molecule has 0 spiro atoms. The molecule has 0 unspecified atom stereocenters. The van der Waals surface area contributed by atoms with Gasteiger partial charge < -0.3 is 19.5 Å². The van der Waals surface area contributed by atoms with Crippen molar-refractivity contribution in [3.05, 3.63) is 83.4 Å². The van der Waals surface area contributed by atoms with Crippen molar-refractivity contribution >= 4 is 11.6 Å². The fourth-order valence-electron chi connectivity index (χ4n) is 2.89. The summed E-state index contributed by atoms with van der Waals surface area (Å²) in [6, 6.07) is 20.5. The molecule has 3 rings (SSSR count). The van der Waals surface area contributed by atoms with E-state index in [2.05, 4.69) is 12.2 Å². The summed E-state index contributed by atoms with van der Waals surface area (Å²) in [5, 5.41) is 2.93. The molecule has 1 N–H and O–H groups in total. The number of ether oxygens (including phenoxy) is 3. The molecule has 1 amide bonds. The van der Waals surface area contributed by atoms with Crippen LogP contribution in [0.3, 0.4) is 0 Å². The summed E-state index contributed by atoms with van der Waals surface area (Å²) in [5.41, 5.74) is 3.32. The summed E-state index contributed by atoms with van der Waals surface area (Å²) in [4.78, 5) is 12.7. The minimum atomic E-state index is -0.178. The highest BCUT2D eigenvalue weighted by molar-refractivity contribution is 6.04. The maximum absolute atomic E-state index is 12.7. The maximum Gasteiger partial charge on any atom is 0.255 e. The van der Waals surface area contributed by atoms with Gasteiger partial charge in [0.1, 0.15) is 23.9 Å². The Bertz CT molecular complexity index is 950. The Labute approximate surface area is 171 Å². The van der Waals surface area contributed by atoms with Crippen molar-refractivity contribution in [3.8, 4) is 17.2 Å². The van der Waals surface area contributed by atoms with Gasteiger partial charge in [-0.2, -0.15) is 0 Å². The number of carbonyl (C=O) groups excluding carboxylic acids is 1. The van der Waals surface area contributed by atoms with Crippen molar-refractivity contribution in [1.29, 1.82) is 0 Å². The Morgan fingerprint density at radius 1 is 0.862 bits per heavy atom. The molecule has 0 aromatic heterocycles. The second-order valence-corrected chi connectivity index (χ2v) is 6.50. The topological polar surface area (TPSA) is 56.8 Å². The van der Waals surface area contributed by atoms with Gasteiger partial charge in [0.15, 0.2) is 0 Å². The Morgan fingerprint density at radius 2 is 1.55 bits per heavy atom. The van der Waals surface area contributed by atoms with E-state index >= 15 is 0 Å². The number of benzene rings is 3. The molecule has 29 heavy (non-hydrogen) atoms. The number of hydrogen-bond donors (Lipinski definition) is 1. The molecule has 0 saturated heterocycles. The molecule has 150 valence electrons. The van der Waals surface area contributed by atoms with Crippen molar-refractivity contribution in [1.82, 2.24) is 0 Å². The van der Waals surface area contributed by atoms with Crippen LogP contribution in [0, 0.1) is 0 Å². The van der Waals surface area contributed by atoms with Crippen LogP contribution in [-0.2, 0) is 13.0 Å². The normalized spacial score (nSPS) is 10.3. The molecule has 3 aromatic carbocycles. The van der Waals surface area contributed by atoms with E-state index in [0.717, 1.165) is 23.4 Å². The van der Waals surface area contributed by atoms with Gasteiger partial charge in [0.25, 0.3) is 5.91 Å². The fourth-order valence-corrected chi connectivity index (χ4v) is 2.89. The summed E-state index contributed by atoms with van der Waals surface area (Å²) >= 11 is 0. The second-order valence-electron chi connectivity index (χ2n) is 6.50. The summed E-state index contributed by atoms with van der Waals surface area (Å²) in [6.45, 7) is 2.38. The van der Waals surface area contributed by atoms with Crippen LogP contribution in [0.25, 0.3) is 0 Å². The first-order valence-electron chi connectivity index (χ1n) is 9.47. The van der Waals surface area contributed by atoms with Crippen LogP contribution < -0.4 is 19.5 Å². The number of carbonyl (C=O) groups is 1. The SMILES string of the molecule is CCc1ccc(NC(=O)c2ccc(OC)c(COc3ccc(OC)cc3)c2)cc1. The number of anilines is 1. The second kappa shape index (κ2) is 9.64. The first-order chi connectivity index (χ1) is 14.1. The molecule has 0 atom stereocenters. The summed E-state index contributed by atoms with van der Waals surface area (Å²) in [5.74, 6) is 1.96. The summed E-state index contributed by atoms with van der Waals surface area (Å²) in [7, 11) is 3.22. The predicted molar refractivity (Wildman–Crippen MR) is 114 cm³/mol. The molecular weight excluding hydrogens is 366 g/mol. The predicted octanol–water partition coefficient (Wildman–Crippen LogP) is 5.10. The van der Waals surface area contributed by atoms with E-state index in [-0.39, 0.29) is 12.5 Å². The minimum absolute atomic E-state index is 0.178. The van der Waals surface area contributed by atoms with Crippen molar-refractivity contribution in [2.45, 2.75) is 20.0 Å². The Balaban J connectivity index is 1.71. The third-order valence-electron chi connectivity index (χ3n) is 4.62. The molecule has 0 radical (unpaired) electrons. The van der Waals surface area contributed by atoms with Crippen molar-refractivity contribution in [3.63, 3.8) is 0 Å². The standard InChI is InChI=1S/C24H25NO4/c1-4-17-5-8-20(9-6-17)25-24(26)18-7-14-23(28-3)19(15-18)16-29-22-12-10-21(27-2)11-13-22/h5-15H,4,16H2,1-3H3,(H,25,26). The molecule has 0 bridgehead atoms. The lowest BCUT2D eigenvalue weighted by molar-refractivity contribution is 0.102. The van der Waals surface area contributed by atoms with Gasteiger partial charge in [-0.3, -0.25) is 4.79 Å². The van der Waals surface area contributed by atoms with E-state index in [9.17, 15) is 4.79 Å². The number of aryl methyl sites for hydroxylation is 1. The number of rotatable bonds is 8. The fraction of sp³-hybridized carbons (Fsp3) is 0.208. The van der Waals surface area contributed by atoms with Crippen LogP contribution in [0.1, 0.15) is 28.4 Å². The lowest BCUT2D eigenvalue weighted by Gasteiger charge is -2.13. The van der Waals surface area contributed by atoms with Crippen LogP contribution in [-0.4, -0.2) is 20.1 Å².